The third-order valence-corrected chi connectivity index (χ3v) is 3.39. The Bertz CT molecular complexity index is 885. The summed E-state index contributed by atoms with van der Waals surface area (Å²) in [4.78, 5) is 24.3. The normalized spacial score (nSPS) is 10.2. The molecule has 1 aromatic heterocycles. The molecule has 3 N–H and O–H groups in total. The first-order valence-corrected chi connectivity index (χ1v) is 7.78. The molecular formula is C18H17N5O3. The van der Waals surface area contributed by atoms with Crippen molar-refractivity contribution in [1.82, 2.24) is 15.0 Å². The number of rotatable bonds is 6. The third-order valence-electron chi connectivity index (χ3n) is 3.39. The molecule has 0 aliphatic carbocycles. The first-order chi connectivity index (χ1) is 12.6. The lowest BCUT2D eigenvalue weighted by atomic mass is 10.2. The lowest BCUT2D eigenvalue weighted by Gasteiger charge is -2.08. The van der Waals surface area contributed by atoms with Gasteiger partial charge in [0, 0.05) is 5.69 Å². The van der Waals surface area contributed by atoms with Crippen LogP contribution in [0.25, 0.3) is 0 Å². The van der Waals surface area contributed by atoms with Crippen LogP contribution in [0.4, 0.5) is 17.6 Å². The zero-order valence-electron chi connectivity index (χ0n) is 14.0. The van der Waals surface area contributed by atoms with Gasteiger partial charge in [-0.2, -0.15) is 15.0 Å². The molecule has 0 atom stereocenters. The number of nitrogens with zero attached hydrogens (tertiary/aromatic N) is 3. The van der Waals surface area contributed by atoms with E-state index in [1.807, 2.05) is 30.3 Å². The number of esters is 1. The lowest BCUT2D eigenvalue weighted by Crippen LogP contribution is -2.11. The number of anilines is 3. The highest BCUT2D eigenvalue weighted by molar-refractivity contribution is 5.89. The maximum Gasteiger partial charge on any atom is 0.338 e. The van der Waals surface area contributed by atoms with Crippen molar-refractivity contribution in [2.75, 3.05) is 18.2 Å². The van der Waals surface area contributed by atoms with Crippen molar-refractivity contribution in [3.63, 3.8) is 0 Å². The minimum absolute atomic E-state index is 0.0360. The molecule has 0 spiro atoms. The molecule has 0 aliphatic heterocycles. The van der Waals surface area contributed by atoms with E-state index in [2.05, 4.69) is 20.3 Å². The van der Waals surface area contributed by atoms with Crippen LogP contribution >= 0.6 is 0 Å². The van der Waals surface area contributed by atoms with E-state index in [4.69, 9.17) is 15.2 Å². The fraction of sp³-hybridized carbons (Fsp3) is 0.111. The van der Waals surface area contributed by atoms with Gasteiger partial charge in [0.25, 0.3) is 0 Å². The third kappa shape index (κ3) is 4.44. The smallest absolute Gasteiger partial charge is 0.338 e. The number of para-hydroxylation sites is 1. The van der Waals surface area contributed by atoms with Crippen LogP contribution in [0.1, 0.15) is 16.2 Å². The Morgan fingerprint density at radius 1 is 1.04 bits per heavy atom. The van der Waals surface area contributed by atoms with Gasteiger partial charge in [-0.3, -0.25) is 0 Å². The van der Waals surface area contributed by atoms with Gasteiger partial charge in [-0.1, -0.05) is 18.2 Å². The SMILES string of the molecule is COc1ccc(C(=O)OCc2nc(N)nc(Nc3ccccc3)n2)cc1. The number of ether oxygens (including phenoxy) is 2. The molecule has 3 rings (SSSR count). The van der Waals surface area contributed by atoms with Crippen LogP contribution in [0, 0.1) is 0 Å². The van der Waals surface area contributed by atoms with Crippen LogP contribution in [0.5, 0.6) is 5.75 Å². The summed E-state index contributed by atoms with van der Waals surface area (Å²) < 4.78 is 10.3. The predicted molar refractivity (Wildman–Crippen MR) is 96.1 cm³/mol. The van der Waals surface area contributed by atoms with Gasteiger partial charge in [-0.05, 0) is 36.4 Å². The second kappa shape index (κ2) is 7.93. The number of nitrogen functional groups attached to an aromatic ring is 1. The second-order valence-corrected chi connectivity index (χ2v) is 5.23. The molecule has 0 saturated carbocycles. The van der Waals surface area contributed by atoms with Crippen LogP contribution < -0.4 is 15.8 Å². The summed E-state index contributed by atoms with van der Waals surface area (Å²) in [6.07, 6.45) is 0. The Labute approximate surface area is 150 Å². The summed E-state index contributed by atoms with van der Waals surface area (Å²) >= 11 is 0. The maximum absolute atomic E-state index is 12.1. The lowest BCUT2D eigenvalue weighted by molar-refractivity contribution is 0.0462. The summed E-state index contributed by atoms with van der Waals surface area (Å²) in [5.74, 6) is 0.721. The highest BCUT2D eigenvalue weighted by atomic mass is 16.5. The van der Waals surface area contributed by atoms with Gasteiger partial charge in [0.15, 0.2) is 12.4 Å². The van der Waals surface area contributed by atoms with Crippen molar-refractivity contribution in [3.05, 3.63) is 66.0 Å². The predicted octanol–water partition coefficient (Wildman–Crippen LogP) is 2.56. The first kappa shape index (κ1) is 17.2. The van der Waals surface area contributed by atoms with E-state index in [1.54, 1.807) is 31.4 Å². The standard InChI is InChI=1S/C18H17N5O3/c1-25-14-9-7-12(8-10-14)16(24)26-11-15-21-17(19)23-18(22-15)20-13-5-3-2-4-6-13/h2-10H,11H2,1H3,(H3,19,20,21,22,23). The van der Waals surface area contributed by atoms with Gasteiger partial charge in [-0.15, -0.1) is 0 Å². The van der Waals surface area contributed by atoms with E-state index in [1.165, 1.54) is 0 Å². The Hall–Kier alpha value is -3.68. The summed E-state index contributed by atoms with van der Waals surface area (Å²) in [5, 5.41) is 3.02. The average molecular weight is 351 g/mol. The monoisotopic (exact) mass is 351 g/mol. The second-order valence-electron chi connectivity index (χ2n) is 5.23. The molecule has 2 aromatic carbocycles. The molecule has 8 nitrogen and oxygen atoms in total. The Morgan fingerprint density at radius 3 is 2.46 bits per heavy atom. The minimum Gasteiger partial charge on any atom is -0.497 e. The number of carbonyl (C=O) groups is 1. The van der Waals surface area contributed by atoms with Gasteiger partial charge < -0.3 is 20.5 Å². The molecule has 0 fully saturated rings. The van der Waals surface area contributed by atoms with Gasteiger partial charge in [0.2, 0.25) is 11.9 Å². The molecule has 0 unspecified atom stereocenters. The highest BCUT2D eigenvalue weighted by Gasteiger charge is 2.11. The van der Waals surface area contributed by atoms with Crippen molar-refractivity contribution in [2.45, 2.75) is 6.61 Å². The van der Waals surface area contributed by atoms with Crippen LogP contribution in [0.3, 0.4) is 0 Å². The van der Waals surface area contributed by atoms with E-state index in [-0.39, 0.29) is 24.3 Å². The Morgan fingerprint density at radius 2 is 1.77 bits per heavy atom. The molecule has 8 heteroatoms. The van der Waals surface area contributed by atoms with Gasteiger partial charge in [0.1, 0.15) is 5.75 Å². The quantitative estimate of drug-likeness (QED) is 0.652. The number of nitrogens with one attached hydrogen (secondary N) is 1. The van der Waals surface area contributed by atoms with Crippen LogP contribution in [-0.4, -0.2) is 28.0 Å². The fourth-order valence-electron chi connectivity index (χ4n) is 2.15. The van der Waals surface area contributed by atoms with Crippen molar-refractivity contribution in [1.29, 1.82) is 0 Å². The Kier molecular flexibility index (Phi) is 5.23. The molecule has 3 aromatic rings. The first-order valence-electron chi connectivity index (χ1n) is 7.78. The van der Waals surface area contributed by atoms with Crippen molar-refractivity contribution >= 4 is 23.6 Å². The number of methoxy groups -OCH3 is 1. The number of nitrogens with two attached hydrogens (primary N) is 1. The Balaban J connectivity index is 1.66. The van der Waals surface area contributed by atoms with Crippen LogP contribution in [-0.2, 0) is 11.3 Å². The molecule has 0 saturated heterocycles. The molecule has 0 amide bonds. The summed E-state index contributed by atoms with van der Waals surface area (Å²) in [6, 6.07) is 16.0. The van der Waals surface area contributed by atoms with Crippen molar-refractivity contribution in [3.8, 4) is 5.75 Å². The zero-order chi connectivity index (χ0) is 18.4. The summed E-state index contributed by atoms with van der Waals surface area (Å²) in [5.41, 5.74) is 6.91. The van der Waals surface area contributed by atoms with Gasteiger partial charge >= 0.3 is 5.97 Å². The van der Waals surface area contributed by atoms with E-state index >= 15 is 0 Å². The zero-order valence-corrected chi connectivity index (χ0v) is 14.0. The minimum atomic E-state index is -0.496. The maximum atomic E-state index is 12.1. The molecule has 1 heterocycles. The molecule has 132 valence electrons. The van der Waals surface area contributed by atoms with Crippen molar-refractivity contribution in [2.24, 2.45) is 0 Å². The largest absolute Gasteiger partial charge is 0.497 e. The van der Waals surface area contributed by atoms with E-state index in [0.29, 0.717) is 11.3 Å². The number of benzene rings is 2. The number of hydrogen-bond acceptors (Lipinski definition) is 8. The van der Waals surface area contributed by atoms with Gasteiger partial charge in [-0.25, -0.2) is 4.79 Å². The van der Waals surface area contributed by atoms with Crippen molar-refractivity contribution < 1.29 is 14.3 Å². The molecule has 26 heavy (non-hydrogen) atoms. The fourth-order valence-corrected chi connectivity index (χ4v) is 2.15. The van der Waals surface area contributed by atoms with Crippen LogP contribution in [0.15, 0.2) is 54.6 Å². The highest BCUT2D eigenvalue weighted by Crippen LogP contribution is 2.14. The van der Waals surface area contributed by atoms with E-state index < -0.39 is 5.97 Å². The molecule has 0 bridgehead atoms. The average Bonchev–Trinajstić information content (AvgIpc) is 2.66. The summed E-state index contributed by atoms with van der Waals surface area (Å²) in [7, 11) is 1.56. The topological polar surface area (TPSA) is 112 Å². The van der Waals surface area contributed by atoms with E-state index in [0.717, 1.165) is 5.69 Å². The molecule has 0 radical (unpaired) electrons. The number of aromatic nitrogens is 3. The van der Waals surface area contributed by atoms with Gasteiger partial charge in [0.05, 0.1) is 12.7 Å². The number of carbonyl (C=O) groups excluding carboxylic acids is 1. The number of hydrogen-bond donors (Lipinski definition) is 2. The molecule has 0 aliphatic rings. The van der Waals surface area contributed by atoms with Crippen LogP contribution in [0.2, 0.25) is 0 Å². The molecular weight excluding hydrogens is 334 g/mol. The summed E-state index contributed by atoms with van der Waals surface area (Å²) in [6.45, 7) is -0.124. The van der Waals surface area contributed by atoms with E-state index in [9.17, 15) is 4.79 Å².